The highest BCUT2D eigenvalue weighted by molar-refractivity contribution is 4.85. The molecule has 0 aromatic heterocycles. The smallest absolute Gasteiger partial charge is 0.0135 e. The fourth-order valence-electron chi connectivity index (χ4n) is 1.57. The lowest BCUT2D eigenvalue weighted by molar-refractivity contribution is 0.624. The van der Waals surface area contributed by atoms with Gasteiger partial charge in [0.25, 0.3) is 0 Å². The summed E-state index contributed by atoms with van der Waals surface area (Å²) >= 11 is 0. The molecule has 0 fully saturated rings. The van der Waals surface area contributed by atoms with Gasteiger partial charge in [-0.3, -0.25) is 0 Å². The first-order chi connectivity index (χ1) is 8.91. The lowest BCUT2D eigenvalue weighted by atomic mass is 10.4. The summed E-state index contributed by atoms with van der Waals surface area (Å²) < 4.78 is 0. The molecule has 4 nitrogen and oxygen atoms in total. The van der Waals surface area contributed by atoms with Gasteiger partial charge in [-0.1, -0.05) is 33.4 Å². The summed E-state index contributed by atoms with van der Waals surface area (Å²) in [5.74, 6) is 0. The first kappa shape index (κ1) is 20.9. The van der Waals surface area contributed by atoms with Gasteiger partial charge in [-0.25, -0.2) is 0 Å². The summed E-state index contributed by atoms with van der Waals surface area (Å²) in [6.07, 6.45) is 6.80. The molecule has 0 saturated carbocycles. The van der Waals surface area contributed by atoms with Gasteiger partial charge in [0.1, 0.15) is 0 Å². The van der Waals surface area contributed by atoms with Crippen molar-refractivity contribution in [1.29, 1.82) is 0 Å². The lowest BCUT2D eigenvalue weighted by Gasteiger charge is -2.03. The highest BCUT2D eigenvalue weighted by atomic mass is 14.9. The molecule has 4 heteroatoms. The highest BCUT2D eigenvalue weighted by Gasteiger charge is 1.86. The van der Waals surface area contributed by atoms with Crippen LogP contribution in [0, 0.1) is 0 Å². The van der Waals surface area contributed by atoms with Crippen molar-refractivity contribution in [3.05, 3.63) is 12.2 Å². The summed E-state index contributed by atoms with van der Waals surface area (Å²) in [5.41, 5.74) is 0. The van der Waals surface area contributed by atoms with Gasteiger partial charge in [-0.2, -0.15) is 0 Å². The molecular formula is C15H36N4. The molecule has 19 heavy (non-hydrogen) atoms. The molecule has 4 N–H and O–H groups in total. The molecule has 0 aromatic carbocycles. The van der Waals surface area contributed by atoms with Gasteiger partial charge in [0.2, 0.25) is 0 Å². The Bertz CT molecular complexity index is 154. The summed E-state index contributed by atoms with van der Waals surface area (Å²) in [4.78, 5) is 0. The van der Waals surface area contributed by atoms with Crippen molar-refractivity contribution in [3.63, 3.8) is 0 Å². The topological polar surface area (TPSA) is 48.1 Å². The van der Waals surface area contributed by atoms with Crippen molar-refractivity contribution in [2.45, 2.75) is 34.1 Å². The maximum atomic E-state index is 3.40. The molecular weight excluding hydrogens is 236 g/mol. The Morgan fingerprint density at radius 2 is 1.00 bits per heavy atom. The van der Waals surface area contributed by atoms with E-state index in [-0.39, 0.29) is 7.43 Å². The van der Waals surface area contributed by atoms with E-state index in [1.165, 1.54) is 12.8 Å². The molecule has 116 valence electrons. The predicted molar refractivity (Wildman–Crippen MR) is 87.9 cm³/mol. The molecule has 0 bridgehead atoms. The number of hydrogen-bond acceptors (Lipinski definition) is 4. The van der Waals surface area contributed by atoms with Gasteiger partial charge in [0.15, 0.2) is 0 Å². The minimum Gasteiger partial charge on any atom is -0.317 e. The van der Waals surface area contributed by atoms with Gasteiger partial charge >= 0.3 is 0 Å². The second-order valence-electron chi connectivity index (χ2n) is 4.29. The Labute approximate surface area is 120 Å². The first-order valence-electron chi connectivity index (χ1n) is 7.39. The Hall–Kier alpha value is -0.420. The predicted octanol–water partition coefficient (Wildman–Crippen LogP) is 1.36. The van der Waals surface area contributed by atoms with Crippen molar-refractivity contribution in [2.75, 3.05) is 52.4 Å². The van der Waals surface area contributed by atoms with Gasteiger partial charge in [-0.05, 0) is 52.1 Å². The van der Waals surface area contributed by atoms with Crippen LogP contribution in [-0.4, -0.2) is 52.4 Å². The van der Waals surface area contributed by atoms with Crippen LogP contribution in [0.1, 0.15) is 34.1 Å². The minimum absolute atomic E-state index is 0. The number of nitrogens with one attached hydrogen (secondary N) is 4. The molecule has 0 heterocycles. The Morgan fingerprint density at radius 1 is 0.632 bits per heavy atom. The molecule has 0 atom stereocenters. The van der Waals surface area contributed by atoms with E-state index in [4.69, 9.17) is 0 Å². The van der Waals surface area contributed by atoms with Crippen LogP contribution in [0.5, 0.6) is 0 Å². The number of hydrogen-bond donors (Lipinski definition) is 4. The van der Waals surface area contributed by atoms with Gasteiger partial charge in [0, 0.05) is 13.1 Å². The fraction of sp³-hybridized carbons (Fsp3) is 0.867. The standard InChI is InChI=1S/C14H32N4.CH4/c1-3-15-11-7-13-17-9-5-6-10-18-14-8-12-16-4-2;/h5-6,15-18H,3-4,7-14H2,1-2H3;1H4/b6-5-;. The molecule has 0 radical (unpaired) electrons. The molecule has 0 spiro atoms. The van der Waals surface area contributed by atoms with E-state index in [1.54, 1.807) is 0 Å². The third kappa shape index (κ3) is 20.1. The average molecular weight is 272 g/mol. The normalized spacial score (nSPS) is 10.8. The molecule has 0 rings (SSSR count). The molecule has 0 aliphatic heterocycles. The van der Waals surface area contributed by atoms with E-state index in [2.05, 4.69) is 47.3 Å². The second kappa shape index (κ2) is 19.9. The Morgan fingerprint density at radius 3 is 1.37 bits per heavy atom. The summed E-state index contributed by atoms with van der Waals surface area (Å²) in [6.45, 7) is 12.8. The van der Waals surface area contributed by atoms with Crippen LogP contribution in [0.2, 0.25) is 0 Å². The quantitative estimate of drug-likeness (QED) is 0.285. The van der Waals surface area contributed by atoms with Crippen molar-refractivity contribution >= 4 is 0 Å². The zero-order valence-electron chi connectivity index (χ0n) is 12.2. The highest BCUT2D eigenvalue weighted by Crippen LogP contribution is 1.76. The number of rotatable bonds is 14. The zero-order chi connectivity index (χ0) is 13.3. The van der Waals surface area contributed by atoms with Crippen LogP contribution in [-0.2, 0) is 0 Å². The van der Waals surface area contributed by atoms with E-state index in [0.29, 0.717) is 0 Å². The first-order valence-corrected chi connectivity index (χ1v) is 7.39. The maximum absolute atomic E-state index is 3.40. The Balaban J connectivity index is 0. The molecule has 0 aromatic rings. The van der Waals surface area contributed by atoms with Crippen molar-refractivity contribution in [3.8, 4) is 0 Å². The SMILES string of the molecule is C.CCNCCCNC/C=C\CNCCCNCC. The van der Waals surface area contributed by atoms with E-state index >= 15 is 0 Å². The molecule has 0 aliphatic rings. The fourth-order valence-corrected chi connectivity index (χ4v) is 1.57. The maximum Gasteiger partial charge on any atom is 0.0135 e. The van der Waals surface area contributed by atoms with Crippen LogP contribution < -0.4 is 21.3 Å². The summed E-state index contributed by atoms with van der Waals surface area (Å²) in [6, 6.07) is 0. The Kier molecular flexibility index (Phi) is 21.9. The summed E-state index contributed by atoms with van der Waals surface area (Å²) in [5, 5.41) is 13.4. The third-order valence-electron chi connectivity index (χ3n) is 2.61. The lowest BCUT2D eigenvalue weighted by Crippen LogP contribution is -2.22. The molecule has 0 amide bonds. The van der Waals surface area contributed by atoms with Crippen molar-refractivity contribution < 1.29 is 0 Å². The van der Waals surface area contributed by atoms with Crippen LogP contribution >= 0.6 is 0 Å². The molecule has 0 unspecified atom stereocenters. The van der Waals surface area contributed by atoms with Gasteiger partial charge in [-0.15, -0.1) is 0 Å². The largest absolute Gasteiger partial charge is 0.317 e. The van der Waals surface area contributed by atoms with Crippen LogP contribution in [0.25, 0.3) is 0 Å². The van der Waals surface area contributed by atoms with Crippen LogP contribution in [0.15, 0.2) is 12.2 Å². The summed E-state index contributed by atoms with van der Waals surface area (Å²) in [7, 11) is 0. The van der Waals surface area contributed by atoms with E-state index in [9.17, 15) is 0 Å². The zero-order valence-corrected chi connectivity index (χ0v) is 12.2. The van der Waals surface area contributed by atoms with E-state index in [1.807, 2.05) is 0 Å². The van der Waals surface area contributed by atoms with Gasteiger partial charge < -0.3 is 21.3 Å². The third-order valence-corrected chi connectivity index (χ3v) is 2.61. The van der Waals surface area contributed by atoms with Crippen LogP contribution in [0.4, 0.5) is 0 Å². The van der Waals surface area contributed by atoms with Crippen molar-refractivity contribution in [2.24, 2.45) is 0 Å². The van der Waals surface area contributed by atoms with E-state index in [0.717, 1.165) is 52.4 Å². The van der Waals surface area contributed by atoms with Crippen LogP contribution in [0.3, 0.4) is 0 Å². The average Bonchev–Trinajstić information content (AvgIpc) is 2.39. The molecule has 0 saturated heterocycles. The minimum atomic E-state index is 0. The second-order valence-corrected chi connectivity index (χ2v) is 4.29. The van der Waals surface area contributed by atoms with Crippen molar-refractivity contribution in [1.82, 2.24) is 21.3 Å². The monoisotopic (exact) mass is 272 g/mol. The molecule has 0 aliphatic carbocycles. The van der Waals surface area contributed by atoms with E-state index < -0.39 is 0 Å². The van der Waals surface area contributed by atoms with Gasteiger partial charge in [0.05, 0.1) is 0 Å².